The van der Waals surface area contributed by atoms with E-state index in [4.69, 9.17) is 10.7 Å². The average Bonchev–Trinajstić information content (AvgIpc) is 2.74. The number of primary amides is 1. The lowest BCUT2D eigenvalue weighted by Gasteiger charge is -2.32. The Bertz CT molecular complexity index is 653. The van der Waals surface area contributed by atoms with Gasteiger partial charge in [0.1, 0.15) is 0 Å². The Kier molecular flexibility index (Phi) is 10.9. The predicted molar refractivity (Wildman–Crippen MR) is 134 cm³/mol. The molecule has 0 radical (unpaired) electrons. The Morgan fingerprint density at radius 2 is 1.77 bits per heavy atom. The summed E-state index contributed by atoms with van der Waals surface area (Å²) < 4.78 is 0. The fourth-order valence-corrected chi connectivity index (χ4v) is 4.59. The van der Waals surface area contributed by atoms with Crippen LogP contribution >= 0.6 is 24.0 Å². The van der Waals surface area contributed by atoms with Gasteiger partial charge in [0, 0.05) is 32.2 Å². The highest BCUT2D eigenvalue weighted by atomic mass is 127. The Hall–Kier alpha value is -1.35. The Balaban J connectivity index is 0.00000320. The van der Waals surface area contributed by atoms with E-state index in [1.54, 1.807) is 0 Å². The highest BCUT2D eigenvalue weighted by molar-refractivity contribution is 14.0. The van der Waals surface area contributed by atoms with Gasteiger partial charge in [-0.15, -0.1) is 24.0 Å². The number of nitrogens with one attached hydrogen (secondary N) is 2. The highest BCUT2D eigenvalue weighted by Gasteiger charge is 2.23. The quantitative estimate of drug-likeness (QED) is 0.289. The molecule has 2 aliphatic rings. The van der Waals surface area contributed by atoms with Gasteiger partial charge in [-0.1, -0.05) is 30.3 Å². The zero-order valence-electron chi connectivity index (χ0n) is 18.2. The van der Waals surface area contributed by atoms with E-state index in [0.29, 0.717) is 24.4 Å². The number of amides is 1. The minimum absolute atomic E-state index is 0. The fourth-order valence-electron chi connectivity index (χ4n) is 4.59. The third-order valence-electron chi connectivity index (χ3n) is 6.28. The number of benzene rings is 1. The van der Waals surface area contributed by atoms with Gasteiger partial charge in [-0.3, -0.25) is 14.7 Å². The van der Waals surface area contributed by atoms with Gasteiger partial charge in [0.25, 0.3) is 0 Å². The van der Waals surface area contributed by atoms with Gasteiger partial charge in [0.15, 0.2) is 5.96 Å². The van der Waals surface area contributed by atoms with Crippen LogP contribution in [0.4, 0.5) is 0 Å². The second-order valence-electron chi connectivity index (χ2n) is 8.51. The number of likely N-dealkylation sites (tertiary alicyclic amines) is 1. The smallest absolute Gasteiger partial charge is 0.231 e. The minimum atomic E-state index is -0.242. The first-order valence-corrected chi connectivity index (χ1v) is 11.2. The van der Waals surface area contributed by atoms with Gasteiger partial charge in [-0.05, 0) is 62.8 Å². The van der Waals surface area contributed by atoms with E-state index in [-0.39, 0.29) is 29.9 Å². The third kappa shape index (κ3) is 8.06. The van der Waals surface area contributed by atoms with Crippen molar-refractivity contribution in [1.82, 2.24) is 15.5 Å². The molecule has 1 aromatic carbocycles. The van der Waals surface area contributed by atoms with Gasteiger partial charge in [0.05, 0.1) is 6.54 Å². The number of piperidine rings is 1. The van der Waals surface area contributed by atoms with Crippen molar-refractivity contribution in [2.24, 2.45) is 16.6 Å². The maximum Gasteiger partial charge on any atom is 0.231 e. The summed E-state index contributed by atoms with van der Waals surface area (Å²) in [6.45, 7) is 6.06. The van der Waals surface area contributed by atoms with Crippen LogP contribution in [0, 0.1) is 5.92 Å². The Labute approximate surface area is 198 Å². The highest BCUT2D eigenvalue weighted by Crippen LogP contribution is 2.35. The molecular formula is C23H38IN5O. The molecule has 1 heterocycles. The molecular weight excluding hydrogens is 489 g/mol. The van der Waals surface area contributed by atoms with Crippen LogP contribution in [-0.2, 0) is 4.79 Å². The monoisotopic (exact) mass is 527 g/mol. The number of rotatable bonds is 7. The molecule has 3 rings (SSSR count). The molecule has 1 aliphatic heterocycles. The zero-order valence-corrected chi connectivity index (χ0v) is 20.5. The first kappa shape index (κ1) is 24.9. The minimum Gasteiger partial charge on any atom is -0.369 e. The van der Waals surface area contributed by atoms with E-state index in [1.165, 1.54) is 31.2 Å². The van der Waals surface area contributed by atoms with Crippen LogP contribution in [0.15, 0.2) is 35.3 Å². The number of nitrogens with zero attached hydrogens (tertiary/aromatic N) is 2. The van der Waals surface area contributed by atoms with Crippen LogP contribution in [0.25, 0.3) is 0 Å². The third-order valence-corrected chi connectivity index (χ3v) is 6.28. The summed E-state index contributed by atoms with van der Waals surface area (Å²) in [7, 11) is 0. The number of halogens is 1. The largest absolute Gasteiger partial charge is 0.369 e. The van der Waals surface area contributed by atoms with E-state index in [1.807, 2.05) is 0 Å². The second-order valence-corrected chi connectivity index (χ2v) is 8.51. The Morgan fingerprint density at radius 3 is 2.37 bits per heavy atom. The summed E-state index contributed by atoms with van der Waals surface area (Å²) in [5.74, 6) is 2.09. The van der Waals surface area contributed by atoms with E-state index < -0.39 is 0 Å². The number of carbonyl (C=O) groups is 1. The molecule has 0 bridgehead atoms. The maximum atomic E-state index is 11.1. The molecule has 0 atom stereocenters. The second kappa shape index (κ2) is 13.1. The van der Waals surface area contributed by atoms with E-state index in [0.717, 1.165) is 45.0 Å². The van der Waals surface area contributed by atoms with Crippen molar-refractivity contribution in [1.29, 1.82) is 0 Å². The first-order valence-electron chi connectivity index (χ1n) is 11.2. The van der Waals surface area contributed by atoms with Crippen LogP contribution < -0.4 is 16.4 Å². The van der Waals surface area contributed by atoms with Gasteiger partial charge in [-0.2, -0.15) is 0 Å². The fraction of sp³-hybridized carbons (Fsp3) is 0.652. The molecule has 168 valence electrons. The molecule has 4 N–H and O–H groups in total. The van der Waals surface area contributed by atoms with Crippen LogP contribution in [0.3, 0.4) is 0 Å². The van der Waals surface area contributed by atoms with Gasteiger partial charge < -0.3 is 16.4 Å². The van der Waals surface area contributed by atoms with Crippen molar-refractivity contribution >= 4 is 35.8 Å². The van der Waals surface area contributed by atoms with Crippen molar-refractivity contribution < 1.29 is 4.79 Å². The lowest BCUT2D eigenvalue weighted by Crippen LogP contribution is -2.50. The van der Waals surface area contributed by atoms with Gasteiger partial charge in [-0.25, -0.2) is 0 Å². The SMILES string of the molecule is CCNC(=NCC1CCC(c2ccccc2)CC1)NC1CCN(CC(N)=O)CC1.I. The van der Waals surface area contributed by atoms with Crippen molar-refractivity contribution in [2.75, 3.05) is 32.7 Å². The molecule has 0 spiro atoms. The molecule has 1 saturated heterocycles. The molecule has 1 amide bonds. The van der Waals surface area contributed by atoms with E-state index >= 15 is 0 Å². The molecule has 6 nitrogen and oxygen atoms in total. The zero-order chi connectivity index (χ0) is 20.5. The molecule has 0 unspecified atom stereocenters. The lowest BCUT2D eigenvalue weighted by molar-refractivity contribution is -0.119. The summed E-state index contributed by atoms with van der Waals surface area (Å²) in [5, 5.41) is 7.00. The van der Waals surface area contributed by atoms with Crippen LogP contribution in [0.2, 0.25) is 0 Å². The molecule has 1 saturated carbocycles. The first-order chi connectivity index (χ1) is 14.1. The Morgan fingerprint density at radius 1 is 1.10 bits per heavy atom. The standard InChI is InChI=1S/C23H37N5O.HI/c1-2-25-23(27-21-12-14-28(15-13-21)17-22(24)29)26-16-18-8-10-20(11-9-18)19-6-4-3-5-7-19;/h3-7,18,20-21H,2,8-17H2,1H3,(H2,24,29)(H2,25,26,27);1H. The molecule has 1 aromatic rings. The molecule has 2 fully saturated rings. The number of guanidine groups is 1. The number of hydrogen-bond donors (Lipinski definition) is 3. The van der Waals surface area contributed by atoms with Crippen molar-refractivity contribution in [3.8, 4) is 0 Å². The van der Waals surface area contributed by atoms with Crippen LogP contribution in [0.5, 0.6) is 0 Å². The van der Waals surface area contributed by atoms with Crippen LogP contribution in [0.1, 0.15) is 56.9 Å². The molecule has 1 aliphatic carbocycles. The average molecular weight is 527 g/mol. The number of carbonyl (C=O) groups excluding carboxylic acids is 1. The number of hydrogen-bond acceptors (Lipinski definition) is 3. The summed E-state index contributed by atoms with van der Waals surface area (Å²) in [6, 6.07) is 11.3. The summed E-state index contributed by atoms with van der Waals surface area (Å²) in [6.07, 6.45) is 7.08. The van der Waals surface area contributed by atoms with Crippen molar-refractivity contribution in [3.63, 3.8) is 0 Å². The molecule has 30 heavy (non-hydrogen) atoms. The van der Waals surface area contributed by atoms with E-state index in [9.17, 15) is 4.79 Å². The normalized spacial score (nSPS) is 23.4. The van der Waals surface area contributed by atoms with Crippen LogP contribution in [-0.4, -0.2) is 55.5 Å². The topological polar surface area (TPSA) is 82.8 Å². The predicted octanol–water partition coefficient (Wildman–Crippen LogP) is 3.08. The summed E-state index contributed by atoms with van der Waals surface area (Å²) in [4.78, 5) is 18.1. The van der Waals surface area contributed by atoms with E-state index in [2.05, 4.69) is 52.8 Å². The summed E-state index contributed by atoms with van der Waals surface area (Å²) in [5.41, 5.74) is 6.80. The van der Waals surface area contributed by atoms with Crippen molar-refractivity contribution in [2.45, 2.75) is 57.4 Å². The van der Waals surface area contributed by atoms with Crippen molar-refractivity contribution in [3.05, 3.63) is 35.9 Å². The summed E-state index contributed by atoms with van der Waals surface area (Å²) >= 11 is 0. The number of nitrogens with two attached hydrogens (primary N) is 1. The van der Waals surface area contributed by atoms with Gasteiger partial charge >= 0.3 is 0 Å². The molecule has 7 heteroatoms. The maximum absolute atomic E-state index is 11.1. The molecule has 0 aromatic heterocycles. The number of aliphatic imine (C=N–C) groups is 1. The van der Waals surface area contributed by atoms with Gasteiger partial charge in [0.2, 0.25) is 5.91 Å². The lowest BCUT2D eigenvalue weighted by atomic mass is 9.79.